The van der Waals surface area contributed by atoms with Crippen molar-refractivity contribution in [1.82, 2.24) is 4.90 Å². The predicted octanol–water partition coefficient (Wildman–Crippen LogP) is 3.56. The maximum atomic E-state index is 12.5. The number of nitro benzene ring substituents is 1. The largest absolute Gasteiger partial charge is 0.383 e. The average Bonchev–Trinajstić information content (AvgIpc) is 2.55. The van der Waals surface area contributed by atoms with E-state index >= 15 is 0 Å². The van der Waals surface area contributed by atoms with Crippen LogP contribution in [-0.4, -0.2) is 29.8 Å². The second-order valence-electron chi connectivity index (χ2n) is 4.99. The molecule has 0 atom stereocenters. The molecule has 0 spiro atoms. The summed E-state index contributed by atoms with van der Waals surface area (Å²) < 4.78 is 0. The number of amides is 1. The molecule has 1 N–H and O–H groups in total. The summed E-state index contributed by atoms with van der Waals surface area (Å²) in [6.45, 7) is 0.320. The van der Waals surface area contributed by atoms with Crippen LogP contribution < -0.4 is 5.32 Å². The number of nitrogens with zero attached hydrogens (tertiary/aromatic N) is 2. The van der Waals surface area contributed by atoms with Crippen LogP contribution in [-0.2, 0) is 6.54 Å². The van der Waals surface area contributed by atoms with Crippen LogP contribution in [0.25, 0.3) is 0 Å². The third-order valence-corrected chi connectivity index (χ3v) is 3.79. The summed E-state index contributed by atoms with van der Waals surface area (Å²) in [4.78, 5) is 24.5. The normalized spacial score (nSPS) is 10.2. The molecule has 0 heterocycles. The van der Waals surface area contributed by atoms with Crippen molar-refractivity contribution in [2.24, 2.45) is 0 Å². The molecule has 2 aromatic rings. The second-order valence-corrected chi connectivity index (χ2v) is 5.40. The van der Waals surface area contributed by atoms with Crippen molar-refractivity contribution in [3.05, 3.63) is 68.7 Å². The molecular weight excluding hydrogens is 318 g/mol. The van der Waals surface area contributed by atoms with Gasteiger partial charge in [-0.1, -0.05) is 29.8 Å². The molecule has 0 saturated carbocycles. The first kappa shape index (κ1) is 16.8. The minimum absolute atomic E-state index is 0.135. The number of anilines is 1. The topological polar surface area (TPSA) is 75.5 Å². The standard InChI is InChI=1S/C16H16ClN3O3/c1-18-14-8-7-11(9-15(14)20(22)23)16(21)19(2)10-12-5-3-4-6-13(12)17/h3-9,18H,10H2,1-2H3. The van der Waals surface area contributed by atoms with E-state index in [1.807, 2.05) is 18.2 Å². The zero-order valence-electron chi connectivity index (χ0n) is 12.7. The van der Waals surface area contributed by atoms with E-state index in [0.717, 1.165) is 5.56 Å². The van der Waals surface area contributed by atoms with Gasteiger partial charge in [-0.3, -0.25) is 14.9 Å². The Morgan fingerprint density at radius 1 is 1.30 bits per heavy atom. The van der Waals surface area contributed by atoms with Crippen LogP contribution in [0, 0.1) is 10.1 Å². The fourth-order valence-corrected chi connectivity index (χ4v) is 2.40. The molecule has 7 heteroatoms. The van der Waals surface area contributed by atoms with Gasteiger partial charge in [0.1, 0.15) is 5.69 Å². The molecule has 0 radical (unpaired) electrons. The Kier molecular flexibility index (Phi) is 5.18. The van der Waals surface area contributed by atoms with Crippen molar-refractivity contribution in [3.63, 3.8) is 0 Å². The SMILES string of the molecule is CNc1ccc(C(=O)N(C)Cc2ccccc2Cl)cc1[N+](=O)[O-]. The van der Waals surface area contributed by atoms with E-state index < -0.39 is 4.92 Å². The van der Waals surface area contributed by atoms with Gasteiger partial charge in [-0.25, -0.2) is 0 Å². The van der Waals surface area contributed by atoms with E-state index in [-0.39, 0.29) is 17.2 Å². The first-order valence-corrected chi connectivity index (χ1v) is 7.27. The molecule has 0 fully saturated rings. The Bertz CT molecular complexity index is 749. The summed E-state index contributed by atoms with van der Waals surface area (Å²) in [6.07, 6.45) is 0. The Morgan fingerprint density at radius 2 is 2.00 bits per heavy atom. The van der Waals surface area contributed by atoms with Gasteiger partial charge in [0.15, 0.2) is 0 Å². The van der Waals surface area contributed by atoms with Crippen LogP contribution in [0.1, 0.15) is 15.9 Å². The molecule has 0 aliphatic heterocycles. The highest BCUT2D eigenvalue weighted by molar-refractivity contribution is 6.31. The van der Waals surface area contributed by atoms with Crippen LogP contribution >= 0.6 is 11.6 Å². The number of rotatable bonds is 5. The molecule has 2 aromatic carbocycles. The van der Waals surface area contributed by atoms with Crippen LogP contribution in [0.4, 0.5) is 11.4 Å². The minimum Gasteiger partial charge on any atom is -0.383 e. The van der Waals surface area contributed by atoms with Crippen LogP contribution in [0.3, 0.4) is 0 Å². The lowest BCUT2D eigenvalue weighted by Crippen LogP contribution is -2.26. The van der Waals surface area contributed by atoms with Gasteiger partial charge >= 0.3 is 0 Å². The summed E-state index contributed by atoms with van der Waals surface area (Å²) in [5, 5.41) is 14.4. The average molecular weight is 334 g/mol. The Balaban J connectivity index is 2.24. The predicted molar refractivity (Wildman–Crippen MR) is 89.9 cm³/mol. The van der Waals surface area contributed by atoms with Gasteiger partial charge in [0.25, 0.3) is 11.6 Å². The van der Waals surface area contributed by atoms with E-state index in [1.54, 1.807) is 26.2 Å². The molecule has 120 valence electrons. The molecule has 2 rings (SSSR count). The van der Waals surface area contributed by atoms with Crippen LogP contribution in [0.2, 0.25) is 5.02 Å². The summed E-state index contributed by atoms with van der Waals surface area (Å²) in [7, 11) is 3.22. The van der Waals surface area contributed by atoms with Gasteiger partial charge in [0, 0.05) is 37.3 Å². The van der Waals surface area contributed by atoms with E-state index in [1.165, 1.54) is 17.0 Å². The van der Waals surface area contributed by atoms with Gasteiger partial charge in [-0.05, 0) is 23.8 Å². The molecule has 0 aliphatic rings. The van der Waals surface area contributed by atoms with Crippen molar-refractivity contribution in [3.8, 4) is 0 Å². The maximum Gasteiger partial charge on any atom is 0.293 e. The quantitative estimate of drug-likeness (QED) is 0.670. The molecule has 0 unspecified atom stereocenters. The molecule has 0 saturated heterocycles. The number of nitrogens with one attached hydrogen (secondary N) is 1. The van der Waals surface area contributed by atoms with Gasteiger partial charge < -0.3 is 10.2 Å². The molecule has 0 aromatic heterocycles. The van der Waals surface area contributed by atoms with E-state index in [9.17, 15) is 14.9 Å². The number of nitro groups is 1. The summed E-state index contributed by atoms with van der Waals surface area (Å²) >= 11 is 6.09. The smallest absolute Gasteiger partial charge is 0.293 e. The summed E-state index contributed by atoms with van der Waals surface area (Å²) in [6, 6.07) is 11.6. The molecule has 1 amide bonds. The third-order valence-electron chi connectivity index (χ3n) is 3.42. The Labute approximate surface area is 138 Å². The van der Waals surface area contributed by atoms with Crippen molar-refractivity contribution < 1.29 is 9.72 Å². The second kappa shape index (κ2) is 7.11. The summed E-state index contributed by atoms with van der Waals surface area (Å²) in [5.74, 6) is -0.310. The third kappa shape index (κ3) is 3.78. The highest BCUT2D eigenvalue weighted by atomic mass is 35.5. The van der Waals surface area contributed by atoms with Crippen molar-refractivity contribution in [2.45, 2.75) is 6.54 Å². The first-order valence-electron chi connectivity index (χ1n) is 6.89. The fraction of sp³-hybridized carbons (Fsp3) is 0.188. The van der Waals surface area contributed by atoms with E-state index in [0.29, 0.717) is 17.3 Å². The van der Waals surface area contributed by atoms with Gasteiger partial charge in [-0.15, -0.1) is 0 Å². The lowest BCUT2D eigenvalue weighted by atomic mass is 10.1. The van der Waals surface area contributed by atoms with Gasteiger partial charge in [0.05, 0.1) is 4.92 Å². The number of benzene rings is 2. The first-order chi connectivity index (χ1) is 10.9. The number of carbonyl (C=O) groups excluding carboxylic acids is 1. The molecule has 0 aliphatic carbocycles. The van der Waals surface area contributed by atoms with Crippen molar-refractivity contribution in [2.75, 3.05) is 19.4 Å². The highest BCUT2D eigenvalue weighted by Crippen LogP contribution is 2.26. The molecular formula is C16H16ClN3O3. The van der Waals surface area contributed by atoms with Crippen molar-refractivity contribution in [1.29, 1.82) is 0 Å². The monoisotopic (exact) mass is 333 g/mol. The molecule has 23 heavy (non-hydrogen) atoms. The van der Waals surface area contributed by atoms with Gasteiger partial charge in [0.2, 0.25) is 0 Å². The van der Waals surface area contributed by atoms with E-state index in [2.05, 4.69) is 5.32 Å². The van der Waals surface area contributed by atoms with E-state index in [4.69, 9.17) is 11.6 Å². The number of halogens is 1. The van der Waals surface area contributed by atoms with Crippen LogP contribution in [0.15, 0.2) is 42.5 Å². The number of hydrogen-bond acceptors (Lipinski definition) is 4. The van der Waals surface area contributed by atoms with Crippen molar-refractivity contribution >= 4 is 28.9 Å². The summed E-state index contributed by atoms with van der Waals surface area (Å²) in [5.41, 5.74) is 1.29. The van der Waals surface area contributed by atoms with Gasteiger partial charge in [-0.2, -0.15) is 0 Å². The molecule has 6 nitrogen and oxygen atoms in total. The zero-order chi connectivity index (χ0) is 17.0. The number of carbonyl (C=O) groups is 1. The van der Waals surface area contributed by atoms with Crippen LogP contribution in [0.5, 0.6) is 0 Å². The maximum absolute atomic E-state index is 12.5. The zero-order valence-corrected chi connectivity index (χ0v) is 13.5. The molecule has 0 bridgehead atoms. The number of hydrogen-bond donors (Lipinski definition) is 1. The Morgan fingerprint density at radius 3 is 2.61 bits per heavy atom. The highest BCUT2D eigenvalue weighted by Gasteiger charge is 2.19. The lowest BCUT2D eigenvalue weighted by Gasteiger charge is -2.18. The lowest BCUT2D eigenvalue weighted by molar-refractivity contribution is -0.384. The Hall–Kier alpha value is -2.60. The fourth-order valence-electron chi connectivity index (χ4n) is 2.20. The minimum atomic E-state index is -0.517.